The summed E-state index contributed by atoms with van der Waals surface area (Å²) in [4.78, 5) is 3.42. The molecule has 0 aliphatic heterocycles. The fourth-order valence-electron chi connectivity index (χ4n) is 1.33. The molecule has 0 radical (unpaired) electrons. The predicted octanol–water partition coefficient (Wildman–Crippen LogP) is 2.80. The molecule has 0 spiro atoms. The van der Waals surface area contributed by atoms with Gasteiger partial charge in [0.2, 0.25) is 5.82 Å². The van der Waals surface area contributed by atoms with E-state index in [0.29, 0.717) is 5.56 Å². The van der Waals surface area contributed by atoms with Crippen molar-refractivity contribution < 1.29 is 13.2 Å². The Labute approximate surface area is 89.3 Å². The van der Waals surface area contributed by atoms with Gasteiger partial charge in [-0.3, -0.25) is 5.10 Å². The van der Waals surface area contributed by atoms with Crippen LogP contribution in [-0.4, -0.2) is 15.2 Å². The minimum Gasteiger partial charge on any atom is -0.255 e. The predicted molar refractivity (Wildman–Crippen MR) is 51.6 cm³/mol. The molecule has 1 heterocycles. The van der Waals surface area contributed by atoms with Gasteiger partial charge in [-0.2, -0.15) is 18.3 Å². The minimum atomic E-state index is -4.49. The van der Waals surface area contributed by atoms with Crippen LogP contribution in [0.1, 0.15) is 11.4 Å². The van der Waals surface area contributed by atoms with Gasteiger partial charge in [-0.05, 0) is 12.5 Å². The first kappa shape index (κ1) is 10.7. The lowest BCUT2D eigenvalue weighted by Crippen LogP contribution is -2.07. The third-order valence-electron chi connectivity index (χ3n) is 2.14. The van der Waals surface area contributed by atoms with Crippen LogP contribution >= 0.6 is 0 Å². The highest BCUT2D eigenvalue weighted by molar-refractivity contribution is 5.59. The Bertz CT molecular complexity index is 502. The molecule has 0 amide bonds. The van der Waals surface area contributed by atoms with Crippen LogP contribution in [0.5, 0.6) is 0 Å². The summed E-state index contributed by atoms with van der Waals surface area (Å²) >= 11 is 0. The average Bonchev–Trinajstić information content (AvgIpc) is 2.66. The summed E-state index contributed by atoms with van der Waals surface area (Å²) in [5.41, 5.74) is 1.42. The topological polar surface area (TPSA) is 41.6 Å². The van der Waals surface area contributed by atoms with Crippen molar-refractivity contribution in [3.8, 4) is 11.4 Å². The molecule has 1 aromatic carbocycles. The van der Waals surface area contributed by atoms with Gasteiger partial charge in [-0.1, -0.05) is 24.3 Å². The quantitative estimate of drug-likeness (QED) is 0.813. The molecule has 1 N–H and O–H groups in total. The lowest BCUT2D eigenvalue weighted by Gasteiger charge is -2.00. The van der Waals surface area contributed by atoms with Crippen molar-refractivity contribution in [2.24, 2.45) is 0 Å². The van der Waals surface area contributed by atoms with Crippen molar-refractivity contribution in [3.63, 3.8) is 0 Å². The molecule has 0 saturated heterocycles. The van der Waals surface area contributed by atoms with Crippen molar-refractivity contribution in [1.29, 1.82) is 0 Å². The number of aromatic nitrogens is 3. The summed E-state index contributed by atoms with van der Waals surface area (Å²) in [6, 6.07) is 7.00. The van der Waals surface area contributed by atoms with Crippen LogP contribution in [-0.2, 0) is 6.18 Å². The molecular formula is C10H8F3N3. The van der Waals surface area contributed by atoms with Gasteiger partial charge in [-0.25, -0.2) is 4.98 Å². The van der Waals surface area contributed by atoms with Gasteiger partial charge < -0.3 is 0 Å². The van der Waals surface area contributed by atoms with Crippen LogP contribution in [0.15, 0.2) is 24.3 Å². The second-order valence-electron chi connectivity index (χ2n) is 3.32. The van der Waals surface area contributed by atoms with E-state index < -0.39 is 12.0 Å². The molecule has 16 heavy (non-hydrogen) atoms. The van der Waals surface area contributed by atoms with E-state index in [1.54, 1.807) is 31.2 Å². The first-order chi connectivity index (χ1) is 7.48. The van der Waals surface area contributed by atoms with Gasteiger partial charge in [0.1, 0.15) is 0 Å². The van der Waals surface area contributed by atoms with Gasteiger partial charge in [0.25, 0.3) is 0 Å². The molecule has 2 rings (SSSR count). The van der Waals surface area contributed by atoms with Crippen molar-refractivity contribution in [1.82, 2.24) is 15.2 Å². The number of benzene rings is 1. The van der Waals surface area contributed by atoms with E-state index in [2.05, 4.69) is 10.1 Å². The van der Waals surface area contributed by atoms with E-state index in [4.69, 9.17) is 0 Å². The van der Waals surface area contributed by atoms with E-state index >= 15 is 0 Å². The number of hydrogen-bond donors (Lipinski definition) is 1. The molecule has 2 aromatic rings. The highest BCUT2D eigenvalue weighted by atomic mass is 19.4. The smallest absolute Gasteiger partial charge is 0.255 e. The molecule has 0 aliphatic rings. The van der Waals surface area contributed by atoms with Crippen LogP contribution in [0.4, 0.5) is 13.2 Å². The largest absolute Gasteiger partial charge is 0.451 e. The molecule has 0 saturated carbocycles. The summed E-state index contributed by atoms with van der Waals surface area (Å²) in [7, 11) is 0. The molecule has 6 heteroatoms. The SMILES string of the molecule is Cc1ccccc1-c1n[nH]c(C(F)(F)F)n1. The number of aromatic amines is 1. The van der Waals surface area contributed by atoms with Crippen LogP contribution in [0.25, 0.3) is 11.4 Å². The molecule has 0 aliphatic carbocycles. The molecule has 0 atom stereocenters. The van der Waals surface area contributed by atoms with Gasteiger partial charge in [-0.15, -0.1) is 0 Å². The van der Waals surface area contributed by atoms with Crippen LogP contribution < -0.4 is 0 Å². The maximum Gasteiger partial charge on any atom is 0.451 e. The van der Waals surface area contributed by atoms with E-state index in [1.165, 1.54) is 0 Å². The molecule has 0 bridgehead atoms. The number of rotatable bonds is 1. The number of halogens is 3. The third-order valence-corrected chi connectivity index (χ3v) is 2.14. The Hall–Kier alpha value is -1.85. The van der Waals surface area contributed by atoms with E-state index in [-0.39, 0.29) is 5.82 Å². The lowest BCUT2D eigenvalue weighted by molar-refractivity contribution is -0.144. The minimum absolute atomic E-state index is 0.0606. The number of nitrogens with zero attached hydrogens (tertiary/aromatic N) is 2. The molecule has 3 nitrogen and oxygen atoms in total. The van der Waals surface area contributed by atoms with E-state index in [1.807, 2.05) is 5.10 Å². The van der Waals surface area contributed by atoms with Gasteiger partial charge in [0.15, 0.2) is 5.82 Å². The molecular weight excluding hydrogens is 219 g/mol. The number of alkyl halides is 3. The third kappa shape index (κ3) is 1.91. The maximum atomic E-state index is 12.3. The summed E-state index contributed by atoms with van der Waals surface area (Å²) in [5, 5.41) is 5.44. The monoisotopic (exact) mass is 227 g/mol. The summed E-state index contributed by atoms with van der Waals surface area (Å²) in [6.45, 7) is 1.79. The van der Waals surface area contributed by atoms with Crippen LogP contribution in [0, 0.1) is 6.92 Å². The average molecular weight is 227 g/mol. The van der Waals surface area contributed by atoms with Crippen LogP contribution in [0.3, 0.4) is 0 Å². The molecule has 84 valence electrons. The zero-order valence-corrected chi connectivity index (χ0v) is 8.34. The number of aryl methyl sites for hydroxylation is 1. The molecule has 1 aromatic heterocycles. The summed E-state index contributed by atoms with van der Waals surface area (Å²) in [6.07, 6.45) is -4.49. The fraction of sp³-hybridized carbons (Fsp3) is 0.200. The first-order valence-corrected chi connectivity index (χ1v) is 4.54. The van der Waals surface area contributed by atoms with E-state index in [9.17, 15) is 13.2 Å². The second kappa shape index (κ2) is 3.62. The van der Waals surface area contributed by atoms with Crippen molar-refractivity contribution >= 4 is 0 Å². The maximum absolute atomic E-state index is 12.3. The molecule has 0 unspecified atom stereocenters. The Morgan fingerprint density at radius 1 is 1.19 bits per heavy atom. The Kier molecular flexibility index (Phi) is 2.41. The van der Waals surface area contributed by atoms with Crippen LogP contribution in [0.2, 0.25) is 0 Å². The lowest BCUT2D eigenvalue weighted by atomic mass is 10.1. The second-order valence-corrected chi connectivity index (χ2v) is 3.32. The van der Waals surface area contributed by atoms with Gasteiger partial charge in [0, 0.05) is 5.56 Å². The van der Waals surface area contributed by atoms with Gasteiger partial charge >= 0.3 is 6.18 Å². The highest BCUT2D eigenvalue weighted by Gasteiger charge is 2.35. The highest BCUT2D eigenvalue weighted by Crippen LogP contribution is 2.28. The normalized spacial score (nSPS) is 11.8. The Morgan fingerprint density at radius 2 is 1.88 bits per heavy atom. The standard InChI is InChI=1S/C10H8F3N3/c1-6-4-2-3-5-7(6)8-14-9(16-15-8)10(11,12)13/h2-5H,1H3,(H,14,15,16). The van der Waals surface area contributed by atoms with Crippen molar-refractivity contribution in [2.45, 2.75) is 13.1 Å². The zero-order chi connectivity index (χ0) is 11.8. The van der Waals surface area contributed by atoms with Crippen molar-refractivity contribution in [3.05, 3.63) is 35.7 Å². The molecule has 0 fully saturated rings. The number of nitrogens with one attached hydrogen (secondary N) is 1. The Morgan fingerprint density at radius 3 is 2.44 bits per heavy atom. The number of H-pyrrole nitrogens is 1. The van der Waals surface area contributed by atoms with E-state index in [0.717, 1.165) is 5.56 Å². The summed E-state index contributed by atoms with van der Waals surface area (Å²) < 4.78 is 36.9. The Balaban J connectivity index is 2.44. The fourth-order valence-corrected chi connectivity index (χ4v) is 1.33. The summed E-state index contributed by atoms with van der Waals surface area (Å²) in [5.74, 6) is -1.02. The number of hydrogen-bond acceptors (Lipinski definition) is 2. The van der Waals surface area contributed by atoms with Crippen molar-refractivity contribution in [2.75, 3.05) is 0 Å². The van der Waals surface area contributed by atoms with Gasteiger partial charge in [0.05, 0.1) is 0 Å². The first-order valence-electron chi connectivity index (χ1n) is 4.54. The zero-order valence-electron chi connectivity index (χ0n) is 8.34.